The van der Waals surface area contributed by atoms with Crippen LogP contribution in [0.2, 0.25) is 0 Å². The molecule has 1 aliphatic heterocycles. The number of halogens is 2. The molecule has 1 atom stereocenters. The number of rotatable bonds is 5. The lowest BCUT2D eigenvalue weighted by atomic mass is 9.81. The number of alkyl halides is 2. The fourth-order valence-corrected chi connectivity index (χ4v) is 5.50. The summed E-state index contributed by atoms with van der Waals surface area (Å²) in [6, 6.07) is 10.6. The van der Waals surface area contributed by atoms with Crippen molar-refractivity contribution >= 4 is 6.09 Å². The van der Waals surface area contributed by atoms with Crippen LogP contribution in [0.15, 0.2) is 40.9 Å². The summed E-state index contributed by atoms with van der Waals surface area (Å²) in [5.41, 5.74) is 2.72. The average Bonchev–Trinajstić information content (AvgIpc) is 3.58. The lowest BCUT2D eigenvalue weighted by Crippen LogP contribution is -2.37. The van der Waals surface area contributed by atoms with Gasteiger partial charge in [0.15, 0.2) is 0 Å². The number of carbonyl (C=O) groups is 1. The minimum absolute atomic E-state index is 0.132. The molecule has 1 aromatic heterocycles. The first-order valence-corrected chi connectivity index (χ1v) is 13.0. The van der Waals surface area contributed by atoms with Crippen LogP contribution >= 0.6 is 0 Å². The normalized spacial score (nSPS) is 19.0. The third kappa shape index (κ3) is 4.98. The van der Waals surface area contributed by atoms with Gasteiger partial charge in [0, 0.05) is 29.6 Å². The summed E-state index contributed by atoms with van der Waals surface area (Å²) in [7, 11) is 0. The third-order valence-corrected chi connectivity index (χ3v) is 7.13. The van der Waals surface area contributed by atoms with Crippen LogP contribution in [0.4, 0.5) is 13.6 Å². The van der Waals surface area contributed by atoms with Crippen molar-refractivity contribution in [3.05, 3.63) is 53.1 Å². The van der Waals surface area contributed by atoms with Crippen molar-refractivity contribution in [1.29, 1.82) is 0 Å². The first-order valence-electron chi connectivity index (χ1n) is 13.0. The van der Waals surface area contributed by atoms with E-state index in [2.05, 4.69) is 16.2 Å². The van der Waals surface area contributed by atoms with Crippen LogP contribution < -0.4 is 4.74 Å². The van der Waals surface area contributed by atoms with Gasteiger partial charge in [-0.25, -0.2) is 13.6 Å². The molecule has 1 aliphatic carbocycles. The highest BCUT2D eigenvalue weighted by Crippen LogP contribution is 2.48. The van der Waals surface area contributed by atoms with E-state index >= 15 is 0 Å². The lowest BCUT2D eigenvalue weighted by Gasteiger charge is -2.27. The van der Waals surface area contributed by atoms with Crippen molar-refractivity contribution in [2.75, 3.05) is 13.1 Å². The minimum Gasteiger partial charge on any atom is -0.491 e. The van der Waals surface area contributed by atoms with Crippen LogP contribution in [0, 0.1) is 0 Å². The molecule has 1 saturated heterocycles. The van der Waals surface area contributed by atoms with Crippen molar-refractivity contribution in [3.8, 4) is 28.6 Å². The first-order chi connectivity index (χ1) is 18.0. The molecule has 7 nitrogen and oxygen atoms in total. The van der Waals surface area contributed by atoms with E-state index in [9.17, 15) is 13.6 Å². The van der Waals surface area contributed by atoms with Gasteiger partial charge in [-0.1, -0.05) is 23.4 Å². The van der Waals surface area contributed by atoms with E-state index in [0.29, 0.717) is 24.5 Å². The summed E-state index contributed by atoms with van der Waals surface area (Å²) < 4.78 is 44.1. The molecule has 9 heteroatoms. The number of likely N-dealkylation sites (tertiary alicyclic amines) is 1. The van der Waals surface area contributed by atoms with E-state index in [1.807, 2.05) is 32.9 Å². The van der Waals surface area contributed by atoms with E-state index in [0.717, 1.165) is 30.4 Å². The largest absolute Gasteiger partial charge is 0.491 e. The molecule has 0 saturated carbocycles. The fourth-order valence-electron chi connectivity index (χ4n) is 5.50. The van der Waals surface area contributed by atoms with Crippen molar-refractivity contribution in [3.63, 3.8) is 0 Å². The predicted molar refractivity (Wildman–Crippen MR) is 138 cm³/mol. The van der Waals surface area contributed by atoms with Gasteiger partial charge in [0.25, 0.3) is 12.3 Å². The van der Waals surface area contributed by atoms with Crippen LogP contribution in [0.1, 0.15) is 70.6 Å². The Hall–Kier alpha value is -3.49. The molecule has 1 fully saturated rings. The van der Waals surface area contributed by atoms with Crippen LogP contribution in [0.3, 0.4) is 0 Å². The second-order valence-corrected chi connectivity index (χ2v) is 11.4. The molecule has 0 N–H and O–H groups in total. The summed E-state index contributed by atoms with van der Waals surface area (Å²) in [4.78, 5) is 19.1. The van der Waals surface area contributed by atoms with Crippen LogP contribution in [0.25, 0.3) is 22.8 Å². The number of ether oxygens (including phenoxy) is 2. The molecule has 5 rings (SSSR count). The molecule has 2 aromatic carbocycles. The molecule has 202 valence electrons. The zero-order valence-electron chi connectivity index (χ0n) is 22.4. The SMILES string of the molecule is CC(C)Oc1ccc(-c2nc(-c3cccc4c3CCC43CCN(C(=O)OC(C)(C)C)C3)no2)cc1C(F)F. The Kier molecular flexibility index (Phi) is 6.65. The summed E-state index contributed by atoms with van der Waals surface area (Å²) in [6.07, 6.45) is -0.609. The Bertz CT molecular complexity index is 1350. The number of nitrogens with zero attached hydrogens (tertiary/aromatic N) is 3. The van der Waals surface area contributed by atoms with Gasteiger partial charge >= 0.3 is 6.09 Å². The van der Waals surface area contributed by atoms with Crippen LogP contribution in [-0.4, -0.2) is 45.9 Å². The van der Waals surface area contributed by atoms with Gasteiger partial charge in [0.05, 0.1) is 11.7 Å². The van der Waals surface area contributed by atoms with E-state index in [4.69, 9.17) is 14.0 Å². The summed E-state index contributed by atoms with van der Waals surface area (Å²) in [6.45, 7) is 10.4. The Labute approximate surface area is 221 Å². The minimum atomic E-state index is -2.70. The zero-order chi connectivity index (χ0) is 27.2. The lowest BCUT2D eigenvalue weighted by molar-refractivity contribution is 0.0284. The monoisotopic (exact) mass is 525 g/mol. The van der Waals surface area contributed by atoms with E-state index in [1.165, 1.54) is 17.7 Å². The average molecular weight is 526 g/mol. The van der Waals surface area contributed by atoms with Gasteiger partial charge in [-0.2, -0.15) is 4.98 Å². The maximum Gasteiger partial charge on any atom is 0.410 e. The third-order valence-electron chi connectivity index (χ3n) is 7.13. The number of hydrogen-bond acceptors (Lipinski definition) is 6. The van der Waals surface area contributed by atoms with Gasteiger partial charge < -0.3 is 18.9 Å². The summed E-state index contributed by atoms with van der Waals surface area (Å²) >= 11 is 0. The Morgan fingerprint density at radius 3 is 2.66 bits per heavy atom. The molecule has 0 bridgehead atoms. The number of hydrogen-bond donors (Lipinski definition) is 0. The number of carbonyl (C=O) groups excluding carboxylic acids is 1. The van der Waals surface area contributed by atoms with Crippen LogP contribution in [-0.2, 0) is 16.6 Å². The van der Waals surface area contributed by atoms with Crippen molar-refractivity contribution in [2.45, 2.75) is 77.4 Å². The van der Waals surface area contributed by atoms with Crippen molar-refractivity contribution < 1.29 is 27.6 Å². The highest BCUT2D eigenvalue weighted by Gasteiger charge is 2.47. The van der Waals surface area contributed by atoms with Gasteiger partial charge in [-0.05, 0) is 83.2 Å². The van der Waals surface area contributed by atoms with Gasteiger partial charge in [-0.15, -0.1) is 0 Å². The molecule has 38 heavy (non-hydrogen) atoms. The standard InChI is InChI=1S/C29H33F2N3O4/c1-17(2)36-23-10-9-18(15-21(23)24(30)31)26-32-25(33-38-26)20-7-6-8-22-19(20)11-12-29(22)13-14-34(16-29)27(35)37-28(3,4)5/h6-10,15,17,24H,11-14,16H2,1-5H3. The number of aromatic nitrogens is 2. The fraction of sp³-hybridized carbons (Fsp3) is 0.483. The molecule has 1 unspecified atom stereocenters. The Morgan fingerprint density at radius 1 is 1.16 bits per heavy atom. The van der Waals surface area contributed by atoms with Gasteiger partial charge in [-0.3, -0.25) is 0 Å². The van der Waals surface area contributed by atoms with E-state index < -0.39 is 12.0 Å². The Morgan fingerprint density at radius 2 is 1.95 bits per heavy atom. The van der Waals surface area contributed by atoms with Gasteiger partial charge in [0.2, 0.25) is 5.82 Å². The molecule has 2 aliphatic rings. The maximum absolute atomic E-state index is 13.7. The number of amides is 1. The first kappa shape index (κ1) is 26.1. The molecule has 0 radical (unpaired) electrons. The quantitative estimate of drug-likeness (QED) is 0.359. The second-order valence-electron chi connectivity index (χ2n) is 11.4. The maximum atomic E-state index is 13.7. The van der Waals surface area contributed by atoms with E-state index in [1.54, 1.807) is 24.8 Å². The second kappa shape index (κ2) is 9.67. The summed E-state index contributed by atoms with van der Waals surface area (Å²) in [5, 5.41) is 4.19. The Balaban J connectivity index is 1.41. The number of benzene rings is 2. The predicted octanol–water partition coefficient (Wildman–Crippen LogP) is 6.95. The summed E-state index contributed by atoms with van der Waals surface area (Å²) in [5.74, 6) is 0.721. The zero-order valence-corrected chi connectivity index (χ0v) is 22.4. The molecular formula is C29H33F2N3O4. The molecule has 1 spiro atoms. The topological polar surface area (TPSA) is 77.7 Å². The highest BCUT2D eigenvalue weighted by atomic mass is 19.3. The van der Waals surface area contributed by atoms with Crippen molar-refractivity contribution in [1.82, 2.24) is 15.0 Å². The molecule has 1 amide bonds. The van der Waals surface area contributed by atoms with Gasteiger partial charge in [0.1, 0.15) is 11.4 Å². The smallest absolute Gasteiger partial charge is 0.410 e. The van der Waals surface area contributed by atoms with Crippen LogP contribution in [0.5, 0.6) is 5.75 Å². The molecule has 3 aromatic rings. The van der Waals surface area contributed by atoms with Crippen molar-refractivity contribution in [2.24, 2.45) is 0 Å². The highest BCUT2D eigenvalue weighted by molar-refractivity contribution is 5.71. The van der Waals surface area contributed by atoms with E-state index in [-0.39, 0.29) is 34.8 Å². The molecular weight excluding hydrogens is 492 g/mol. The number of fused-ring (bicyclic) bond motifs is 2. The molecule has 2 heterocycles.